The highest BCUT2D eigenvalue weighted by Crippen LogP contribution is 2.49. The van der Waals surface area contributed by atoms with Gasteiger partial charge in [-0.15, -0.1) is 23.1 Å². The number of amides is 2. The number of nitrogens with zero attached hydrogens (tertiary/aromatic N) is 3. The molecule has 0 bridgehead atoms. The molecule has 1 unspecified atom stereocenters. The summed E-state index contributed by atoms with van der Waals surface area (Å²) in [4.78, 5) is 29.3. The molecule has 1 aromatic carbocycles. The molecule has 178 valence electrons. The Morgan fingerprint density at radius 2 is 1.91 bits per heavy atom. The average Bonchev–Trinajstić information content (AvgIpc) is 3.30. The van der Waals surface area contributed by atoms with E-state index >= 15 is 0 Å². The van der Waals surface area contributed by atoms with Crippen molar-refractivity contribution < 1.29 is 9.59 Å². The molecule has 3 heterocycles. The number of thioether (sulfide) groups is 1. The van der Waals surface area contributed by atoms with Crippen molar-refractivity contribution in [3.63, 3.8) is 0 Å². The lowest BCUT2D eigenvalue weighted by molar-refractivity contribution is -0.123. The molecule has 1 atom stereocenters. The summed E-state index contributed by atoms with van der Waals surface area (Å²) in [5.74, 6) is 0.847. The maximum Gasteiger partial charge on any atom is 0.240 e. The van der Waals surface area contributed by atoms with E-state index in [0.29, 0.717) is 11.6 Å². The zero-order valence-corrected chi connectivity index (χ0v) is 21.6. The van der Waals surface area contributed by atoms with Crippen LogP contribution in [0, 0.1) is 6.92 Å². The molecule has 6 nitrogen and oxygen atoms in total. The summed E-state index contributed by atoms with van der Waals surface area (Å²) in [6, 6.07) is 12.6. The van der Waals surface area contributed by atoms with Crippen LogP contribution in [0.15, 0.2) is 41.8 Å². The van der Waals surface area contributed by atoms with Gasteiger partial charge in [0.2, 0.25) is 11.8 Å². The van der Waals surface area contributed by atoms with Crippen molar-refractivity contribution >= 4 is 40.7 Å². The van der Waals surface area contributed by atoms with E-state index in [-0.39, 0.29) is 35.1 Å². The number of hydrogen-bond donors (Lipinski definition) is 1. The summed E-state index contributed by atoms with van der Waals surface area (Å²) in [7, 11) is 0. The van der Waals surface area contributed by atoms with Crippen LogP contribution in [0.5, 0.6) is 0 Å². The number of hydrogen-bond acceptors (Lipinski definition) is 5. The Labute approximate surface area is 208 Å². The molecule has 0 spiro atoms. The van der Waals surface area contributed by atoms with E-state index in [2.05, 4.69) is 50.5 Å². The molecule has 1 aliphatic carbocycles. The maximum absolute atomic E-state index is 13.5. The van der Waals surface area contributed by atoms with Crippen molar-refractivity contribution in [3.05, 3.63) is 63.5 Å². The Morgan fingerprint density at radius 3 is 2.53 bits per heavy atom. The van der Waals surface area contributed by atoms with Crippen LogP contribution in [0.25, 0.3) is 5.69 Å². The first kappa shape index (κ1) is 23.2. The normalized spacial score (nSPS) is 18.5. The predicted molar refractivity (Wildman–Crippen MR) is 139 cm³/mol. The number of anilines is 1. The summed E-state index contributed by atoms with van der Waals surface area (Å²) >= 11 is 3.32. The Hall–Kier alpha value is -2.58. The number of carbonyl (C=O) groups excluding carboxylic acids is 2. The van der Waals surface area contributed by atoms with E-state index in [1.807, 2.05) is 28.9 Å². The van der Waals surface area contributed by atoms with Crippen LogP contribution in [-0.4, -0.2) is 39.9 Å². The van der Waals surface area contributed by atoms with E-state index < -0.39 is 0 Å². The Kier molecular flexibility index (Phi) is 6.06. The minimum Gasteiger partial charge on any atom is -0.352 e. The third-order valence-electron chi connectivity index (χ3n) is 6.12. The summed E-state index contributed by atoms with van der Waals surface area (Å²) < 4.78 is 1.88. The molecule has 1 saturated carbocycles. The van der Waals surface area contributed by atoms with Crippen molar-refractivity contribution in [1.82, 2.24) is 15.1 Å². The number of aromatic nitrogens is 2. The summed E-state index contributed by atoms with van der Waals surface area (Å²) in [6.45, 7) is 8.52. The fraction of sp³-hybridized carbons (Fsp3) is 0.423. The van der Waals surface area contributed by atoms with Crippen molar-refractivity contribution in [2.45, 2.75) is 57.2 Å². The molecular formula is C26H30N4O2S2. The van der Waals surface area contributed by atoms with Gasteiger partial charge in [-0.05, 0) is 43.3 Å². The second-order valence-electron chi connectivity index (χ2n) is 10.1. The second-order valence-corrected chi connectivity index (χ2v) is 12.2. The molecule has 1 N–H and O–H groups in total. The molecule has 0 radical (unpaired) electrons. The van der Waals surface area contributed by atoms with Gasteiger partial charge in [-0.3, -0.25) is 14.5 Å². The van der Waals surface area contributed by atoms with Gasteiger partial charge >= 0.3 is 0 Å². The van der Waals surface area contributed by atoms with Gasteiger partial charge in [0.1, 0.15) is 12.4 Å². The van der Waals surface area contributed by atoms with Gasteiger partial charge in [-0.1, -0.05) is 44.5 Å². The lowest BCUT2D eigenvalue weighted by Gasteiger charge is -2.24. The standard InChI is InChI=1S/C26H30N4O2S2/c1-16-7-11-18(12-8-16)30-25-22(24(28-30)26(2,3)4)23(19-6-5-13-33-19)34-15-21(32)29(25)14-20(31)27-17-9-10-17/h5-8,11-13,17,23H,9-10,14-15H2,1-4H3,(H,27,31). The summed E-state index contributed by atoms with van der Waals surface area (Å²) in [5.41, 5.74) is 3.78. The van der Waals surface area contributed by atoms with Crippen molar-refractivity contribution in [3.8, 4) is 5.69 Å². The fourth-order valence-electron chi connectivity index (χ4n) is 4.25. The van der Waals surface area contributed by atoms with Crippen LogP contribution < -0.4 is 10.2 Å². The molecule has 3 aromatic rings. The molecule has 2 aliphatic rings. The third kappa shape index (κ3) is 4.53. The highest BCUT2D eigenvalue weighted by atomic mass is 32.2. The zero-order chi connectivity index (χ0) is 24.0. The maximum atomic E-state index is 13.5. The van der Waals surface area contributed by atoms with Crippen LogP contribution in [0.3, 0.4) is 0 Å². The number of thiophene rings is 1. The van der Waals surface area contributed by atoms with Gasteiger partial charge in [0.15, 0.2) is 0 Å². The number of nitrogens with one attached hydrogen (secondary N) is 1. The van der Waals surface area contributed by atoms with Crippen molar-refractivity contribution in [1.29, 1.82) is 0 Å². The topological polar surface area (TPSA) is 67.2 Å². The van der Waals surface area contributed by atoms with Crippen molar-refractivity contribution in [2.75, 3.05) is 17.2 Å². The van der Waals surface area contributed by atoms with E-state index in [1.165, 1.54) is 4.88 Å². The Morgan fingerprint density at radius 1 is 1.18 bits per heavy atom. The monoisotopic (exact) mass is 494 g/mol. The van der Waals surface area contributed by atoms with Gasteiger partial charge in [0.25, 0.3) is 0 Å². The van der Waals surface area contributed by atoms with Crippen LogP contribution in [-0.2, 0) is 15.0 Å². The Balaban J connectivity index is 1.73. The van der Waals surface area contributed by atoms with E-state index in [4.69, 9.17) is 5.10 Å². The van der Waals surface area contributed by atoms with Gasteiger partial charge in [0, 0.05) is 21.9 Å². The predicted octanol–water partition coefficient (Wildman–Crippen LogP) is 4.99. The van der Waals surface area contributed by atoms with E-state index in [9.17, 15) is 9.59 Å². The molecule has 0 saturated heterocycles. The molecule has 2 amide bonds. The minimum atomic E-state index is -0.245. The lowest BCUT2D eigenvalue weighted by Crippen LogP contribution is -2.43. The second kappa shape index (κ2) is 8.89. The largest absolute Gasteiger partial charge is 0.352 e. The van der Waals surface area contributed by atoms with Gasteiger partial charge in [-0.25, -0.2) is 4.68 Å². The first-order chi connectivity index (χ1) is 16.2. The van der Waals surface area contributed by atoms with Crippen LogP contribution in [0.2, 0.25) is 0 Å². The van der Waals surface area contributed by atoms with E-state index in [1.54, 1.807) is 28.0 Å². The average molecular weight is 495 g/mol. The highest BCUT2D eigenvalue weighted by molar-refractivity contribution is 8.00. The Bertz CT molecular complexity index is 1200. The first-order valence-electron chi connectivity index (χ1n) is 11.7. The molecule has 2 aromatic heterocycles. The van der Waals surface area contributed by atoms with E-state index in [0.717, 1.165) is 35.3 Å². The van der Waals surface area contributed by atoms with Gasteiger partial charge in [-0.2, -0.15) is 5.10 Å². The number of aryl methyl sites for hydroxylation is 1. The van der Waals surface area contributed by atoms with Crippen LogP contribution >= 0.6 is 23.1 Å². The summed E-state index contributed by atoms with van der Waals surface area (Å²) in [5, 5.41) is 10.2. The van der Waals surface area contributed by atoms with Crippen molar-refractivity contribution in [2.24, 2.45) is 0 Å². The fourth-order valence-corrected chi connectivity index (χ4v) is 6.42. The molecule has 1 aliphatic heterocycles. The van der Waals surface area contributed by atoms with Gasteiger partial charge < -0.3 is 5.32 Å². The van der Waals surface area contributed by atoms with Gasteiger partial charge in [0.05, 0.1) is 22.4 Å². The SMILES string of the molecule is Cc1ccc(-n2nc(C(C)(C)C)c3c2N(CC(=O)NC2CC2)C(=O)CSC3c2cccs2)cc1. The zero-order valence-electron chi connectivity index (χ0n) is 20.0. The number of carbonyl (C=O) groups is 2. The number of rotatable bonds is 5. The lowest BCUT2D eigenvalue weighted by atomic mass is 9.88. The number of fused-ring (bicyclic) bond motifs is 1. The molecule has 8 heteroatoms. The minimum absolute atomic E-state index is 0.00118. The highest BCUT2D eigenvalue weighted by Gasteiger charge is 2.40. The smallest absolute Gasteiger partial charge is 0.240 e. The molecule has 1 fully saturated rings. The first-order valence-corrected chi connectivity index (χ1v) is 13.6. The summed E-state index contributed by atoms with van der Waals surface area (Å²) in [6.07, 6.45) is 2.02. The third-order valence-corrected chi connectivity index (χ3v) is 8.45. The van der Waals surface area contributed by atoms with Crippen LogP contribution in [0.1, 0.15) is 60.6 Å². The molecular weight excluding hydrogens is 464 g/mol. The molecule has 34 heavy (non-hydrogen) atoms. The van der Waals surface area contributed by atoms with Crippen LogP contribution in [0.4, 0.5) is 5.82 Å². The quantitative estimate of drug-likeness (QED) is 0.543. The molecule has 5 rings (SSSR count). The number of benzene rings is 1.